The Morgan fingerprint density at radius 1 is 1.27 bits per heavy atom. The van der Waals surface area contributed by atoms with Crippen LogP contribution in [0.15, 0.2) is 42.5 Å². The van der Waals surface area contributed by atoms with Crippen molar-refractivity contribution in [1.82, 2.24) is 0 Å². The molecule has 22 heavy (non-hydrogen) atoms. The Kier molecular flexibility index (Phi) is 4.95. The van der Waals surface area contributed by atoms with Crippen molar-refractivity contribution in [2.45, 2.75) is 6.92 Å². The molecule has 0 saturated carbocycles. The summed E-state index contributed by atoms with van der Waals surface area (Å²) >= 11 is 5.92. The molecule has 0 aliphatic heterocycles. The molecule has 1 N–H and O–H groups in total. The van der Waals surface area contributed by atoms with Crippen LogP contribution in [0.4, 0.5) is 11.4 Å². The Morgan fingerprint density at radius 2 is 2.00 bits per heavy atom. The number of hydrogen-bond acceptors (Lipinski definition) is 4. The highest BCUT2D eigenvalue weighted by Crippen LogP contribution is 2.25. The first-order valence-electron chi connectivity index (χ1n) is 6.40. The molecular formula is C15H13ClN2O4. The quantitative estimate of drug-likeness (QED) is 0.674. The second-order valence-electron chi connectivity index (χ2n) is 4.47. The van der Waals surface area contributed by atoms with Crippen LogP contribution in [0.3, 0.4) is 0 Å². The molecule has 0 heterocycles. The predicted molar refractivity (Wildman–Crippen MR) is 83.4 cm³/mol. The van der Waals surface area contributed by atoms with Crippen LogP contribution in [0.1, 0.15) is 5.56 Å². The number of benzene rings is 2. The Bertz CT molecular complexity index is 718. The highest BCUT2D eigenvalue weighted by Gasteiger charge is 2.15. The Balaban J connectivity index is 2.02. The first-order chi connectivity index (χ1) is 10.5. The number of nitro groups is 1. The standard InChI is InChI=1S/C15H13ClN2O4/c1-10-12(6-4-7-13(10)18(20)21)17-15(19)9-22-14-8-3-2-5-11(14)16/h2-8H,9H2,1H3,(H,17,19). The first-order valence-corrected chi connectivity index (χ1v) is 6.78. The summed E-state index contributed by atoms with van der Waals surface area (Å²) in [7, 11) is 0. The lowest BCUT2D eigenvalue weighted by atomic mass is 10.1. The largest absolute Gasteiger partial charge is 0.482 e. The maximum Gasteiger partial charge on any atom is 0.274 e. The molecule has 0 atom stereocenters. The van der Waals surface area contributed by atoms with Crippen molar-refractivity contribution >= 4 is 28.9 Å². The van der Waals surface area contributed by atoms with E-state index >= 15 is 0 Å². The summed E-state index contributed by atoms with van der Waals surface area (Å²) in [5, 5.41) is 13.8. The van der Waals surface area contributed by atoms with Crippen LogP contribution in [0.2, 0.25) is 5.02 Å². The van der Waals surface area contributed by atoms with Crippen LogP contribution in [0, 0.1) is 17.0 Å². The van der Waals surface area contributed by atoms with Gasteiger partial charge in [0.1, 0.15) is 5.75 Å². The number of para-hydroxylation sites is 1. The van der Waals surface area contributed by atoms with Gasteiger partial charge in [-0.25, -0.2) is 0 Å². The van der Waals surface area contributed by atoms with Gasteiger partial charge in [0.05, 0.1) is 21.2 Å². The van der Waals surface area contributed by atoms with E-state index in [1.807, 2.05) is 0 Å². The van der Waals surface area contributed by atoms with Crippen molar-refractivity contribution in [2.75, 3.05) is 11.9 Å². The van der Waals surface area contributed by atoms with E-state index < -0.39 is 10.8 Å². The zero-order valence-electron chi connectivity index (χ0n) is 11.7. The molecular weight excluding hydrogens is 308 g/mol. The van der Waals surface area contributed by atoms with Crippen LogP contribution in [-0.2, 0) is 4.79 Å². The van der Waals surface area contributed by atoms with Gasteiger partial charge in [-0.15, -0.1) is 0 Å². The maximum absolute atomic E-state index is 11.9. The minimum atomic E-state index is -0.495. The molecule has 0 aliphatic carbocycles. The van der Waals surface area contributed by atoms with Gasteiger partial charge >= 0.3 is 0 Å². The van der Waals surface area contributed by atoms with Gasteiger partial charge in [-0.05, 0) is 25.1 Å². The second kappa shape index (κ2) is 6.91. The summed E-state index contributed by atoms with van der Waals surface area (Å²) in [6.45, 7) is 1.33. The fourth-order valence-electron chi connectivity index (χ4n) is 1.85. The monoisotopic (exact) mass is 320 g/mol. The van der Waals surface area contributed by atoms with Crippen molar-refractivity contribution < 1.29 is 14.5 Å². The number of nitrogens with zero attached hydrogens (tertiary/aromatic N) is 1. The zero-order chi connectivity index (χ0) is 16.1. The topological polar surface area (TPSA) is 81.5 Å². The molecule has 0 spiro atoms. The number of anilines is 1. The molecule has 0 bridgehead atoms. The highest BCUT2D eigenvalue weighted by molar-refractivity contribution is 6.32. The van der Waals surface area contributed by atoms with E-state index in [1.165, 1.54) is 12.1 Å². The van der Waals surface area contributed by atoms with E-state index in [2.05, 4.69) is 5.32 Å². The molecule has 0 unspecified atom stereocenters. The smallest absolute Gasteiger partial charge is 0.274 e. The summed E-state index contributed by atoms with van der Waals surface area (Å²) in [6, 6.07) is 11.3. The van der Waals surface area contributed by atoms with Gasteiger partial charge < -0.3 is 10.1 Å². The first kappa shape index (κ1) is 15.8. The lowest BCUT2D eigenvalue weighted by Crippen LogP contribution is -2.20. The average Bonchev–Trinajstić information content (AvgIpc) is 2.48. The van der Waals surface area contributed by atoms with Gasteiger partial charge in [0.2, 0.25) is 0 Å². The predicted octanol–water partition coefficient (Wildman–Crippen LogP) is 3.57. The van der Waals surface area contributed by atoms with Crippen LogP contribution in [0.5, 0.6) is 5.75 Å². The van der Waals surface area contributed by atoms with Crippen LogP contribution < -0.4 is 10.1 Å². The Labute approximate surface area is 131 Å². The van der Waals surface area contributed by atoms with Crippen molar-refractivity contribution in [3.05, 3.63) is 63.2 Å². The maximum atomic E-state index is 11.9. The molecule has 0 fully saturated rings. The average molecular weight is 321 g/mol. The number of ether oxygens (including phenoxy) is 1. The number of hydrogen-bond donors (Lipinski definition) is 1. The number of nitro benzene ring substituents is 1. The fraction of sp³-hybridized carbons (Fsp3) is 0.133. The number of amides is 1. The molecule has 0 aliphatic rings. The number of carbonyl (C=O) groups excluding carboxylic acids is 1. The van der Waals surface area contributed by atoms with Crippen LogP contribution in [0.25, 0.3) is 0 Å². The number of halogens is 1. The molecule has 2 aromatic rings. The summed E-state index contributed by atoms with van der Waals surface area (Å²) in [6.07, 6.45) is 0. The fourth-order valence-corrected chi connectivity index (χ4v) is 2.04. The lowest BCUT2D eigenvalue weighted by molar-refractivity contribution is -0.385. The third-order valence-electron chi connectivity index (χ3n) is 2.97. The van der Waals surface area contributed by atoms with Gasteiger partial charge in [-0.2, -0.15) is 0 Å². The van der Waals surface area contributed by atoms with Gasteiger partial charge in [0, 0.05) is 6.07 Å². The van der Waals surface area contributed by atoms with E-state index in [1.54, 1.807) is 37.3 Å². The number of carbonyl (C=O) groups is 1. The molecule has 114 valence electrons. The third kappa shape index (κ3) is 3.73. The van der Waals surface area contributed by atoms with E-state index in [9.17, 15) is 14.9 Å². The van der Waals surface area contributed by atoms with E-state index in [0.29, 0.717) is 22.0 Å². The van der Waals surface area contributed by atoms with Gasteiger partial charge in [0.15, 0.2) is 6.61 Å². The molecule has 2 aromatic carbocycles. The molecule has 0 aromatic heterocycles. The van der Waals surface area contributed by atoms with Gasteiger partial charge in [-0.1, -0.05) is 29.8 Å². The second-order valence-corrected chi connectivity index (χ2v) is 4.88. The van der Waals surface area contributed by atoms with Crippen molar-refractivity contribution in [3.63, 3.8) is 0 Å². The molecule has 2 rings (SSSR count). The van der Waals surface area contributed by atoms with E-state index in [-0.39, 0.29) is 12.3 Å². The zero-order valence-corrected chi connectivity index (χ0v) is 12.5. The van der Waals surface area contributed by atoms with E-state index in [0.717, 1.165) is 0 Å². The summed E-state index contributed by atoms with van der Waals surface area (Å²) < 4.78 is 5.31. The number of rotatable bonds is 5. The Hall–Kier alpha value is -2.60. The highest BCUT2D eigenvalue weighted by atomic mass is 35.5. The van der Waals surface area contributed by atoms with Crippen molar-refractivity contribution in [3.8, 4) is 5.75 Å². The third-order valence-corrected chi connectivity index (χ3v) is 3.28. The number of nitrogens with one attached hydrogen (secondary N) is 1. The van der Waals surface area contributed by atoms with Crippen molar-refractivity contribution in [2.24, 2.45) is 0 Å². The minimum absolute atomic E-state index is 0.0511. The molecule has 1 amide bonds. The summed E-state index contributed by atoms with van der Waals surface area (Å²) in [5.41, 5.74) is 0.713. The SMILES string of the molecule is Cc1c(NC(=O)COc2ccccc2Cl)cccc1[N+](=O)[O-]. The summed E-state index contributed by atoms with van der Waals surface area (Å²) in [5.74, 6) is -0.0291. The lowest BCUT2D eigenvalue weighted by Gasteiger charge is -2.10. The summed E-state index contributed by atoms with van der Waals surface area (Å²) in [4.78, 5) is 22.2. The normalized spacial score (nSPS) is 10.1. The molecule has 6 nitrogen and oxygen atoms in total. The van der Waals surface area contributed by atoms with Crippen LogP contribution >= 0.6 is 11.6 Å². The van der Waals surface area contributed by atoms with Gasteiger partial charge in [0.25, 0.3) is 11.6 Å². The van der Waals surface area contributed by atoms with Crippen molar-refractivity contribution in [1.29, 1.82) is 0 Å². The van der Waals surface area contributed by atoms with Gasteiger partial charge in [-0.3, -0.25) is 14.9 Å². The molecule has 0 radical (unpaired) electrons. The molecule has 0 saturated heterocycles. The Morgan fingerprint density at radius 3 is 2.68 bits per heavy atom. The van der Waals surface area contributed by atoms with E-state index in [4.69, 9.17) is 16.3 Å². The molecule has 7 heteroatoms. The minimum Gasteiger partial charge on any atom is -0.482 e. The van der Waals surface area contributed by atoms with Crippen LogP contribution in [-0.4, -0.2) is 17.4 Å².